The molecule has 14 heavy (non-hydrogen) atoms. The van der Waals surface area contributed by atoms with Gasteiger partial charge in [0.25, 0.3) is 0 Å². The van der Waals surface area contributed by atoms with E-state index in [0.717, 1.165) is 17.5 Å². The Morgan fingerprint density at radius 1 is 1.36 bits per heavy atom. The zero-order valence-electron chi connectivity index (χ0n) is 8.13. The van der Waals surface area contributed by atoms with E-state index in [4.69, 9.17) is 0 Å². The van der Waals surface area contributed by atoms with Gasteiger partial charge in [-0.05, 0) is 25.5 Å². The van der Waals surface area contributed by atoms with Gasteiger partial charge in [-0.2, -0.15) is 0 Å². The maximum atomic E-state index is 11.6. The summed E-state index contributed by atoms with van der Waals surface area (Å²) in [4.78, 5) is 22.1. The highest BCUT2D eigenvalue weighted by Crippen LogP contribution is 2.37. The monoisotopic (exact) mass is 189 g/mol. The normalized spacial score (nSPS) is 17.4. The summed E-state index contributed by atoms with van der Waals surface area (Å²) in [5, 5.41) is 2.76. The molecule has 0 aliphatic carbocycles. The number of anilines is 1. The lowest BCUT2D eigenvalue weighted by Crippen LogP contribution is -2.26. The second-order valence-electron chi connectivity index (χ2n) is 4.00. The van der Waals surface area contributed by atoms with Gasteiger partial charge in [0.2, 0.25) is 5.91 Å². The molecule has 3 nitrogen and oxygen atoms in total. The molecule has 1 heterocycles. The van der Waals surface area contributed by atoms with E-state index < -0.39 is 5.41 Å². The number of amides is 1. The van der Waals surface area contributed by atoms with Crippen LogP contribution in [0.5, 0.6) is 0 Å². The van der Waals surface area contributed by atoms with Crippen molar-refractivity contribution in [3.8, 4) is 0 Å². The first-order valence-corrected chi connectivity index (χ1v) is 4.47. The molecule has 1 aliphatic rings. The lowest BCUT2D eigenvalue weighted by molar-refractivity contribution is -0.119. The van der Waals surface area contributed by atoms with Crippen molar-refractivity contribution in [3.63, 3.8) is 0 Å². The molecular formula is C11H11NO2. The van der Waals surface area contributed by atoms with Crippen LogP contribution < -0.4 is 5.32 Å². The van der Waals surface area contributed by atoms with Gasteiger partial charge in [-0.25, -0.2) is 0 Å². The molecule has 0 unspecified atom stereocenters. The summed E-state index contributed by atoms with van der Waals surface area (Å²) in [5.74, 6) is -0.0180. The Morgan fingerprint density at radius 3 is 2.71 bits per heavy atom. The summed E-state index contributed by atoms with van der Waals surface area (Å²) in [6.45, 7) is 3.74. The average Bonchev–Trinajstić information content (AvgIpc) is 2.38. The summed E-state index contributed by atoms with van der Waals surface area (Å²) >= 11 is 0. The van der Waals surface area contributed by atoms with Crippen LogP contribution in [0.3, 0.4) is 0 Å². The number of carbonyl (C=O) groups excluding carboxylic acids is 2. The van der Waals surface area contributed by atoms with E-state index in [2.05, 4.69) is 5.32 Å². The summed E-state index contributed by atoms with van der Waals surface area (Å²) in [5.41, 5.74) is 1.80. The quantitative estimate of drug-likeness (QED) is 0.684. The van der Waals surface area contributed by atoms with Crippen molar-refractivity contribution in [2.24, 2.45) is 0 Å². The molecule has 72 valence electrons. The number of aldehydes is 1. The lowest BCUT2D eigenvalue weighted by Gasteiger charge is -2.14. The van der Waals surface area contributed by atoms with Crippen LogP contribution >= 0.6 is 0 Å². The summed E-state index contributed by atoms with van der Waals surface area (Å²) < 4.78 is 0. The van der Waals surface area contributed by atoms with Gasteiger partial charge in [0, 0.05) is 11.3 Å². The van der Waals surface area contributed by atoms with Crippen LogP contribution in [0.15, 0.2) is 18.2 Å². The molecule has 1 aliphatic heterocycles. The minimum Gasteiger partial charge on any atom is -0.325 e. The highest BCUT2D eigenvalue weighted by molar-refractivity contribution is 6.06. The molecule has 0 saturated heterocycles. The summed E-state index contributed by atoms with van der Waals surface area (Å²) in [6.07, 6.45) is 0.776. The van der Waals surface area contributed by atoms with E-state index in [1.807, 2.05) is 19.9 Å². The number of hydrogen-bond acceptors (Lipinski definition) is 2. The van der Waals surface area contributed by atoms with Crippen LogP contribution in [0.2, 0.25) is 0 Å². The third-order valence-corrected chi connectivity index (χ3v) is 2.67. The maximum absolute atomic E-state index is 11.6. The van der Waals surface area contributed by atoms with Crippen LogP contribution in [0.4, 0.5) is 5.69 Å². The molecule has 1 amide bonds. The van der Waals surface area contributed by atoms with Gasteiger partial charge in [0.05, 0.1) is 5.41 Å². The van der Waals surface area contributed by atoms with Gasteiger partial charge in [-0.15, -0.1) is 0 Å². The van der Waals surface area contributed by atoms with Crippen molar-refractivity contribution in [3.05, 3.63) is 29.3 Å². The molecular weight excluding hydrogens is 178 g/mol. The third-order valence-electron chi connectivity index (χ3n) is 2.67. The molecule has 0 bridgehead atoms. The van der Waals surface area contributed by atoms with Crippen LogP contribution in [0, 0.1) is 0 Å². The Hall–Kier alpha value is -1.64. The van der Waals surface area contributed by atoms with Gasteiger partial charge in [0.15, 0.2) is 0 Å². The van der Waals surface area contributed by atoms with E-state index in [1.165, 1.54) is 0 Å². The fourth-order valence-corrected chi connectivity index (χ4v) is 1.68. The molecule has 2 rings (SSSR count). The Bertz CT molecular complexity index is 421. The molecule has 0 atom stereocenters. The first kappa shape index (κ1) is 8.94. The topological polar surface area (TPSA) is 46.2 Å². The summed E-state index contributed by atoms with van der Waals surface area (Å²) in [7, 11) is 0. The molecule has 0 spiro atoms. The van der Waals surface area contributed by atoms with Crippen molar-refractivity contribution < 1.29 is 9.59 Å². The largest absolute Gasteiger partial charge is 0.325 e. The van der Waals surface area contributed by atoms with E-state index in [-0.39, 0.29) is 5.91 Å². The fraction of sp³-hybridized carbons (Fsp3) is 0.273. The Labute approximate surface area is 82.1 Å². The molecule has 1 N–H and O–H groups in total. The zero-order valence-corrected chi connectivity index (χ0v) is 8.13. The van der Waals surface area contributed by atoms with Crippen LogP contribution in [-0.4, -0.2) is 12.2 Å². The standard InChI is InChI=1S/C11H11NO2/c1-11(2)8-4-3-7(6-13)5-9(8)12-10(11)14/h3-6H,1-2H3,(H,12,14). The fourth-order valence-electron chi connectivity index (χ4n) is 1.68. The van der Waals surface area contributed by atoms with Gasteiger partial charge < -0.3 is 5.32 Å². The SMILES string of the molecule is CC1(C)C(=O)Nc2cc(C=O)ccc21. The molecule has 1 aromatic carbocycles. The van der Waals surface area contributed by atoms with E-state index in [0.29, 0.717) is 5.56 Å². The maximum Gasteiger partial charge on any atom is 0.234 e. The summed E-state index contributed by atoms with van der Waals surface area (Å²) in [6, 6.07) is 5.26. The van der Waals surface area contributed by atoms with Crippen molar-refractivity contribution in [2.75, 3.05) is 5.32 Å². The van der Waals surface area contributed by atoms with E-state index in [1.54, 1.807) is 12.1 Å². The number of rotatable bonds is 1. The van der Waals surface area contributed by atoms with Gasteiger partial charge >= 0.3 is 0 Å². The van der Waals surface area contributed by atoms with Gasteiger partial charge in [-0.1, -0.05) is 12.1 Å². The Kier molecular flexibility index (Phi) is 1.71. The van der Waals surface area contributed by atoms with Crippen molar-refractivity contribution >= 4 is 17.9 Å². The van der Waals surface area contributed by atoms with E-state index in [9.17, 15) is 9.59 Å². The molecule has 3 heteroatoms. The lowest BCUT2D eigenvalue weighted by atomic mass is 9.86. The van der Waals surface area contributed by atoms with Crippen LogP contribution in [0.25, 0.3) is 0 Å². The minimum atomic E-state index is -0.489. The first-order chi connectivity index (χ1) is 6.55. The second-order valence-corrected chi connectivity index (χ2v) is 4.00. The van der Waals surface area contributed by atoms with Crippen LogP contribution in [0.1, 0.15) is 29.8 Å². The number of nitrogens with one attached hydrogen (secondary N) is 1. The smallest absolute Gasteiger partial charge is 0.234 e. The van der Waals surface area contributed by atoms with Gasteiger partial charge in [0.1, 0.15) is 6.29 Å². The van der Waals surface area contributed by atoms with Crippen molar-refractivity contribution in [1.29, 1.82) is 0 Å². The Morgan fingerprint density at radius 2 is 2.07 bits per heavy atom. The predicted octanol–water partition coefficient (Wildman–Crippen LogP) is 1.73. The molecule has 0 saturated carbocycles. The highest BCUT2D eigenvalue weighted by Gasteiger charge is 2.38. The average molecular weight is 189 g/mol. The molecule has 0 radical (unpaired) electrons. The minimum absolute atomic E-state index is 0.0180. The van der Waals surface area contributed by atoms with Crippen molar-refractivity contribution in [1.82, 2.24) is 0 Å². The molecule has 0 aromatic heterocycles. The first-order valence-electron chi connectivity index (χ1n) is 4.47. The molecule has 1 aromatic rings. The second kappa shape index (κ2) is 2.67. The van der Waals surface area contributed by atoms with Crippen molar-refractivity contribution in [2.45, 2.75) is 19.3 Å². The third kappa shape index (κ3) is 1.05. The number of fused-ring (bicyclic) bond motifs is 1. The molecule has 0 fully saturated rings. The number of carbonyl (C=O) groups is 2. The predicted molar refractivity (Wildman–Crippen MR) is 53.5 cm³/mol. The zero-order chi connectivity index (χ0) is 10.3. The van der Waals surface area contributed by atoms with E-state index >= 15 is 0 Å². The Balaban J connectivity index is 2.59. The van der Waals surface area contributed by atoms with Crippen LogP contribution in [-0.2, 0) is 10.2 Å². The number of hydrogen-bond donors (Lipinski definition) is 1. The van der Waals surface area contributed by atoms with Gasteiger partial charge in [-0.3, -0.25) is 9.59 Å². The highest BCUT2D eigenvalue weighted by atomic mass is 16.2. The number of benzene rings is 1.